The van der Waals surface area contributed by atoms with E-state index in [1.54, 1.807) is 24.3 Å². The normalized spacial score (nSPS) is 10.3. The summed E-state index contributed by atoms with van der Waals surface area (Å²) in [4.78, 5) is 22.7. The topological polar surface area (TPSA) is 102 Å². The molecule has 2 aromatic carbocycles. The predicted octanol–water partition coefficient (Wildman–Crippen LogP) is 3.83. The third kappa shape index (κ3) is 5.17. The van der Waals surface area contributed by atoms with E-state index in [4.69, 9.17) is 0 Å². The number of nitro groups is 2. The van der Waals surface area contributed by atoms with Gasteiger partial charge in [-0.05, 0) is 30.7 Å². The Hall–Kier alpha value is -3.16. The molecule has 8 heteroatoms. The largest absolute Gasteiger partial charge is 0.383 e. The van der Waals surface area contributed by atoms with Crippen molar-refractivity contribution < 1.29 is 9.85 Å². The molecule has 8 nitrogen and oxygen atoms in total. The molecular weight excluding hydrogens is 324 g/mol. The molecule has 0 aliphatic rings. The minimum atomic E-state index is -0.429. The first-order chi connectivity index (χ1) is 12.0. The van der Waals surface area contributed by atoms with Crippen molar-refractivity contribution in [2.45, 2.75) is 13.3 Å². The van der Waals surface area contributed by atoms with Crippen LogP contribution in [0.1, 0.15) is 13.3 Å². The summed E-state index contributed by atoms with van der Waals surface area (Å²) in [6.45, 7) is 4.26. The number of rotatable bonds is 9. The van der Waals surface area contributed by atoms with Gasteiger partial charge in [0, 0.05) is 55.3 Å². The van der Waals surface area contributed by atoms with Gasteiger partial charge in [0.25, 0.3) is 11.4 Å². The molecule has 1 N–H and O–H groups in total. The summed E-state index contributed by atoms with van der Waals surface area (Å²) in [7, 11) is 0. The van der Waals surface area contributed by atoms with Gasteiger partial charge in [-0.25, -0.2) is 0 Å². The lowest BCUT2D eigenvalue weighted by molar-refractivity contribution is -0.385. The van der Waals surface area contributed by atoms with E-state index >= 15 is 0 Å². The van der Waals surface area contributed by atoms with E-state index in [0.717, 1.165) is 24.3 Å². The van der Waals surface area contributed by atoms with Crippen molar-refractivity contribution in [1.29, 1.82) is 0 Å². The van der Waals surface area contributed by atoms with Gasteiger partial charge in [-0.1, -0.05) is 6.92 Å². The molecule has 2 rings (SSSR count). The van der Waals surface area contributed by atoms with Crippen LogP contribution in [0.5, 0.6) is 0 Å². The molecule has 0 saturated heterocycles. The Kier molecular flexibility index (Phi) is 6.27. The standard InChI is InChI=1S/C17H20N4O4/c1-2-12-19(15-7-9-17(10-8-15)21(24)25)13-11-18-14-3-5-16(6-4-14)20(22)23/h3-10,18H,2,11-13H2,1H3. The second-order valence-corrected chi connectivity index (χ2v) is 5.49. The first kappa shape index (κ1) is 18.2. The molecule has 0 aromatic heterocycles. The molecule has 0 spiro atoms. The minimum Gasteiger partial charge on any atom is -0.383 e. The number of benzene rings is 2. The van der Waals surface area contributed by atoms with Gasteiger partial charge in [-0.2, -0.15) is 0 Å². The van der Waals surface area contributed by atoms with E-state index < -0.39 is 9.85 Å². The van der Waals surface area contributed by atoms with Crippen molar-refractivity contribution in [2.24, 2.45) is 0 Å². The van der Waals surface area contributed by atoms with Crippen LogP contribution in [0.3, 0.4) is 0 Å². The SMILES string of the molecule is CCCN(CCNc1ccc([N+](=O)[O-])cc1)c1ccc([N+](=O)[O-])cc1. The molecule has 25 heavy (non-hydrogen) atoms. The fourth-order valence-corrected chi connectivity index (χ4v) is 2.46. The fourth-order valence-electron chi connectivity index (χ4n) is 2.46. The zero-order valence-corrected chi connectivity index (χ0v) is 13.9. The molecule has 0 aliphatic carbocycles. The lowest BCUT2D eigenvalue weighted by atomic mass is 10.2. The van der Waals surface area contributed by atoms with E-state index in [-0.39, 0.29) is 11.4 Å². The van der Waals surface area contributed by atoms with Crippen molar-refractivity contribution in [3.05, 3.63) is 68.8 Å². The van der Waals surface area contributed by atoms with Gasteiger partial charge in [0.15, 0.2) is 0 Å². The highest BCUT2D eigenvalue weighted by molar-refractivity contribution is 5.52. The zero-order chi connectivity index (χ0) is 18.2. The van der Waals surface area contributed by atoms with Gasteiger partial charge in [0.1, 0.15) is 0 Å². The molecule has 0 bridgehead atoms. The van der Waals surface area contributed by atoms with Crippen LogP contribution in [-0.4, -0.2) is 29.5 Å². The lowest BCUT2D eigenvalue weighted by Gasteiger charge is -2.24. The summed E-state index contributed by atoms with van der Waals surface area (Å²) in [5, 5.41) is 24.6. The fraction of sp³-hybridized carbons (Fsp3) is 0.294. The van der Waals surface area contributed by atoms with Crippen molar-refractivity contribution in [2.75, 3.05) is 29.9 Å². The molecule has 0 saturated carbocycles. The monoisotopic (exact) mass is 344 g/mol. The van der Waals surface area contributed by atoms with E-state index in [2.05, 4.69) is 17.1 Å². The maximum absolute atomic E-state index is 10.7. The van der Waals surface area contributed by atoms with Crippen LogP contribution in [0.2, 0.25) is 0 Å². The number of non-ortho nitro benzene ring substituents is 2. The van der Waals surface area contributed by atoms with E-state index in [1.165, 1.54) is 24.3 Å². The highest BCUT2D eigenvalue weighted by Crippen LogP contribution is 2.20. The number of nitrogens with zero attached hydrogens (tertiary/aromatic N) is 3. The van der Waals surface area contributed by atoms with Crippen LogP contribution in [0.25, 0.3) is 0 Å². The number of anilines is 2. The van der Waals surface area contributed by atoms with Crippen molar-refractivity contribution in [3.8, 4) is 0 Å². The smallest absolute Gasteiger partial charge is 0.269 e. The zero-order valence-electron chi connectivity index (χ0n) is 13.9. The quantitative estimate of drug-likeness (QED) is 0.548. The Morgan fingerprint density at radius 2 is 1.40 bits per heavy atom. The third-order valence-corrected chi connectivity index (χ3v) is 3.71. The number of nitro benzene ring substituents is 2. The van der Waals surface area contributed by atoms with E-state index in [1.807, 2.05) is 0 Å². The molecule has 0 unspecified atom stereocenters. The van der Waals surface area contributed by atoms with Crippen LogP contribution in [0, 0.1) is 20.2 Å². The highest BCUT2D eigenvalue weighted by atomic mass is 16.6. The molecule has 0 atom stereocenters. The predicted molar refractivity (Wildman–Crippen MR) is 97.2 cm³/mol. The molecule has 0 amide bonds. The van der Waals surface area contributed by atoms with Crippen LogP contribution in [0.15, 0.2) is 48.5 Å². The Balaban J connectivity index is 1.94. The molecule has 0 fully saturated rings. The molecule has 2 aromatic rings. The van der Waals surface area contributed by atoms with Crippen LogP contribution in [-0.2, 0) is 0 Å². The lowest BCUT2D eigenvalue weighted by Crippen LogP contribution is -2.29. The third-order valence-electron chi connectivity index (χ3n) is 3.71. The molecule has 0 heterocycles. The van der Waals surface area contributed by atoms with Gasteiger partial charge in [0.2, 0.25) is 0 Å². The first-order valence-electron chi connectivity index (χ1n) is 7.99. The van der Waals surface area contributed by atoms with Crippen LogP contribution in [0.4, 0.5) is 22.7 Å². The Morgan fingerprint density at radius 1 is 0.880 bits per heavy atom. The summed E-state index contributed by atoms with van der Waals surface area (Å²) >= 11 is 0. The van der Waals surface area contributed by atoms with Gasteiger partial charge in [-0.15, -0.1) is 0 Å². The maximum atomic E-state index is 10.7. The summed E-state index contributed by atoms with van der Waals surface area (Å²) in [5.74, 6) is 0. The second kappa shape index (κ2) is 8.62. The first-order valence-corrected chi connectivity index (χ1v) is 7.99. The van der Waals surface area contributed by atoms with Crippen molar-refractivity contribution >= 4 is 22.7 Å². The van der Waals surface area contributed by atoms with Crippen LogP contribution < -0.4 is 10.2 Å². The molecular formula is C17H20N4O4. The minimum absolute atomic E-state index is 0.0593. The van der Waals surface area contributed by atoms with Gasteiger partial charge in [0.05, 0.1) is 9.85 Å². The average Bonchev–Trinajstić information content (AvgIpc) is 2.61. The summed E-state index contributed by atoms with van der Waals surface area (Å²) in [6, 6.07) is 12.8. The van der Waals surface area contributed by atoms with E-state index in [0.29, 0.717) is 13.1 Å². The number of nitrogens with one attached hydrogen (secondary N) is 1. The Morgan fingerprint density at radius 3 is 1.88 bits per heavy atom. The number of hydrogen-bond donors (Lipinski definition) is 1. The van der Waals surface area contributed by atoms with Gasteiger partial charge in [-0.3, -0.25) is 20.2 Å². The average molecular weight is 344 g/mol. The Labute approximate surface area is 145 Å². The summed E-state index contributed by atoms with van der Waals surface area (Å²) in [5.41, 5.74) is 1.87. The van der Waals surface area contributed by atoms with Gasteiger partial charge < -0.3 is 10.2 Å². The van der Waals surface area contributed by atoms with Gasteiger partial charge >= 0.3 is 0 Å². The molecule has 132 valence electrons. The van der Waals surface area contributed by atoms with Crippen molar-refractivity contribution in [3.63, 3.8) is 0 Å². The molecule has 0 aliphatic heterocycles. The number of hydrogen-bond acceptors (Lipinski definition) is 6. The van der Waals surface area contributed by atoms with E-state index in [9.17, 15) is 20.2 Å². The summed E-state index contributed by atoms with van der Waals surface area (Å²) in [6.07, 6.45) is 0.953. The second-order valence-electron chi connectivity index (χ2n) is 5.49. The summed E-state index contributed by atoms with van der Waals surface area (Å²) < 4.78 is 0. The molecule has 0 radical (unpaired) electrons. The van der Waals surface area contributed by atoms with Crippen molar-refractivity contribution in [1.82, 2.24) is 0 Å². The maximum Gasteiger partial charge on any atom is 0.269 e. The highest BCUT2D eigenvalue weighted by Gasteiger charge is 2.09. The van der Waals surface area contributed by atoms with Crippen LogP contribution >= 0.6 is 0 Å². The Bertz CT molecular complexity index is 716.